The molecule has 2 aromatic carbocycles. The summed E-state index contributed by atoms with van der Waals surface area (Å²) in [6.07, 6.45) is 0. The number of hydrazine groups is 1. The van der Waals surface area contributed by atoms with Crippen LogP contribution >= 0.6 is 15.9 Å². The first-order valence-corrected chi connectivity index (χ1v) is 9.01. The highest BCUT2D eigenvalue weighted by molar-refractivity contribution is 9.10. The van der Waals surface area contributed by atoms with E-state index in [2.05, 4.69) is 31.5 Å². The average molecular weight is 412 g/mol. The summed E-state index contributed by atoms with van der Waals surface area (Å²) < 4.78 is 28.1. The second-order valence-electron chi connectivity index (χ2n) is 4.78. The number of nitrogens with one attached hydrogen (secondary N) is 3. The molecule has 0 radical (unpaired) electrons. The van der Waals surface area contributed by atoms with Crippen LogP contribution in [0.1, 0.15) is 17.3 Å². The highest BCUT2D eigenvalue weighted by atomic mass is 79.9. The summed E-state index contributed by atoms with van der Waals surface area (Å²) in [4.78, 5) is 22.6. The number of anilines is 1. The number of hydrogen-bond donors (Lipinski definition) is 3. The number of benzene rings is 2. The summed E-state index contributed by atoms with van der Waals surface area (Å²) in [5, 5.41) is 0. The summed E-state index contributed by atoms with van der Waals surface area (Å²) >= 11 is 3.27. The minimum atomic E-state index is -3.85. The standard InChI is InChI=1S/C15H14BrN3O4S/c1-10(20)17-18-15(21)11-3-2-4-14(9-11)24(22,23)19-13-7-5-12(16)6-8-13/h2-9,19H,1H3,(H,17,20)(H,18,21). The SMILES string of the molecule is CC(=O)NNC(=O)c1cccc(S(=O)(=O)Nc2ccc(Br)cc2)c1. The molecule has 126 valence electrons. The molecule has 2 amide bonds. The van der Waals surface area contributed by atoms with Crippen LogP contribution in [0, 0.1) is 0 Å². The van der Waals surface area contributed by atoms with Crippen LogP contribution in [-0.2, 0) is 14.8 Å². The summed E-state index contributed by atoms with van der Waals surface area (Å²) in [5.41, 5.74) is 4.81. The van der Waals surface area contributed by atoms with Crippen molar-refractivity contribution in [2.45, 2.75) is 11.8 Å². The molecular weight excluding hydrogens is 398 g/mol. The Bertz CT molecular complexity index is 867. The topological polar surface area (TPSA) is 104 Å². The van der Waals surface area contributed by atoms with Gasteiger partial charge in [-0.15, -0.1) is 0 Å². The fourth-order valence-corrected chi connectivity index (χ4v) is 3.12. The van der Waals surface area contributed by atoms with Gasteiger partial charge in [0, 0.05) is 22.6 Å². The van der Waals surface area contributed by atoms with Gasteiger partial charge in [0.25, 0.3) is 15.9 Å². The molecule has 0 aliphatic carbocycles. The lowest BCUT2D eigenvalue weighted by atomic mass is 10.2. The lowest BCUT2D eigenvalue weighted by Crippen LogP contribution is -2.40. The van der Waals surface area contributed by atoms with Crippen molar-refractivity contribution in [3.8, 4) is 0 Å². The number of hydrogen-bond acceptors (Lipinski definition) is 4. The fraction of sp³-hybridized carbons (Fsp3) is 0.0667. The van der Waals surface area contributed by atoms with Crippen molar-refractivity contribution in [1.29, 1.82) is 0 Å². The van der Waals surface area contributed by atoms with E-state index in [0.717, 1.165) is 4.47 Å². The van der Waals surface area contributed by atoms with Gasteiger partial charge in [-0.05, 0) is 42.5 Å². The highest BCUT2D eigenvalue weighted by Gasteiger charge is 2.16. The summed E-state index contributed by atoms with van der Waals surface area (Å²) in [7, 11) is -3.85. The Balaban J connectivity index is 2.21. The third kappa shape index (κ3) is 4.80. The third-order valence-corrected chi connectivity index (χ3v) is 4.76. The van der Waals surface area contributed by atoms with Crippen LogP contribution in [0.3, 0.4) is 0 Å². The molecule has 0 heterocycles. The van der Waals surface area contributed by atoms with Gasteiger partial charge in [-0.3, -0.25) is 25.2 Å². The van der Waals surface area contributed by atoms with Crippen molar-refractivity contribution in [2.24, 2.45) is 0 Å². The van der Waals surface area contributed by atoms with E-state index in [1.165, 1.54) is 31.2 Å². The van der Waals surface area contributed by atoms with Crippen LogP contribution in [-0.4, -0.2) is 20.2 Å². The van der Waals surface area contributed by atoms with Gasteiger partial charge in [0.1, 0.15) is 0 Å². The third-order valence-electron chi connectivity index (χ3n) is 2.86. The minimum Gasteiger partial charge on any atom is -0.280 e. The molecule has 0 bridgehead atoms. The molecule has 0 saturated heterocycles. The van der Waals surface area contributed by atoms with Gasteiger partial charge in [0.15, 0.2) is 0 Å². The molecular formula is C15H14BrN3O4S. The first kappa shape index (κ1) is 18.0. The van der Waals surface area contributed by atoms with E-state index in [4.69, 9.17) is 0 Å². The van der Waals surface area contributed by atoms with Crippen LogP contribution in [0.5, 0.6) is 0 Å². The molecule has 0 aliphatic heterocycles. The maximum absolute atomic E-state index is 12.4. The monoisotopic (exact) mass is 411 g/mol. The van der Waals surface area contributed by atoms with Gasteiger partial charge < -0.3 is 0 Å². The number of rotatable bonds is 4. The normalized spacial score (nSPS) is 10.8. The zero-order valence-electron chi connectivity index (χ0n) is 12.5. The first-order valence-electron chi connectivity index (χ1n) is 6.73. The Morgan fingerprint density at radius 2 is 1.67 bits per heavy atom. The van der Waals surface area contributed by atoms with Gasteiger partial charge >= 0.3 is 0 Å². The molecule has 0 aliphatic rings. The Kier molecular flexibility index (Phi) is 5.58. The summed E-state index contributed by atoms with van der Waals surface area (Å²) in [6, 6.07) is 12.1. The molecule has 7 nitrogen and oxygen atoms in total. The van der Waals surface area contributed by atoms with Gasteiger partial charge in [-0.2, -0.15) is 0 Å². The molecule has 24 heavy (non-hydrogen) atoms. The van der Waals surface area contributed by atoms with E-state index in [0.29, 0.717) is 5.69 Å². The zero-order chi connectivity index (χ0) is 17.7. The highest BCUT2D eigenvalue weighted by Crippen LogP contribution is 2.19. The average Bonchev–Trinajstić information content (AvgIpc) is 2.54. The lowest BCUT2D eigenvalue weighted by molar-refractivity contribution is -0.119. The second-order valence-corrected chi connectivity index (χ2v) is 7.37. The number of amides is 2. The number of halogens is 1. The smallest absolute Gasteiger partial charge is 0.269 e. The Morgan fingerprint density at radius 1 is 1.00 bits per heavy atom. The van der Waals surface area contributed by atoms with E-state index in [1.54, 1.807) is 24.3 Å². The molecule has 2 aromatic rings. The van der Waals surface area contributed by atoms with Gasteiger partial charge in [-0.25, -0.2) is 8.42 Å². The van der Waals surface area contributed by atoms with E-state index < -0.39 is 21.8 Å². The molecule has 0 atom stereocenters. The van der Waals surface area contributed by atoms with Crippen LogP contribution in [0.2, 0.25) is 0 Å². The number of carbonyl (C=O) groups is 2. The molecule has 3 N–H and O–H groups in total. The van der Waals surface area contributed by atoms with Crippen molar-refractivity contribution in [2.75, 3.05) is 4.72 Å². The molecule has 0 fully saturated rings. The van der Waals surface area contributed by atoms with Crippen molar-refractivity contribution >= 4 is 43.5 Å². The van der Waals surface area contributed by atoms with Crippen LogP contribution in [0.15, 0.2) is 57.9 Å². The van der Waals surface area contributed by atoms with Gasteiger partial charge in [-0.1, -0.05) is 22.0 Å². The predicted octanol–water partition coefficient (Wildman–Crippen LogP) is 2.03. The van der Waals surface area contributed by atoms with Crippen LogP contribution in [0.25, 0.3) is 0 Å². The fourth-order valence-electron chi connectivity index (χ4n) is 1.75. The minimum absolute atomic E-state index is 0.0686. The molecule has 9 heteroatoms. The number of carbonyl (C=O) groups excluding carboxylic acids is 2. The van der Waals surface area contributed by atoms with E-state index in [-0.39, 0.29) is 10.5 Å². The largest absolute Gasteiger partial charge is 0.280 e. The summed E-state index contributed by atoms with van der Waals surface area (Å²) in [5.74, 6) is -1.06. The van der Waals surface area contributed by atoms with E-state index in [9.17, 15) is 18.0 Å². The van der Waals surface area contributed by atoms with Crippen molar-refractivity contribution < 1.29 is 18.0 Å². The Labute approximate surface area is 147 Å². The predicted molar refractivity (Wildman–Crippen MR) is 92.7 cm³/mol. The molecule has 2 rings (SSSR count). The molecule has 0 spiro atoms. The molecule has 0 aromatic heterocycles. The van der Waals surface area contributed by atoms with Crippen molar-refractivity contribution in [3.05, 3.63) is 58.6 Å². The molecule has 0 unspecified atom stereocenters. The second kappa shape index (κ2) is 7.45. The molecule has 0 saturated carbocycles. The maximum atomic E-state index is 12.4. The van der Waals surface area contributed by atoms with E-state index >= 15 is 0 Å². The van der Waals surface area contributed by atoms with Crippen LogP contribution < -0.4 is 15.6 Å². The van der Waals surface area contributed by atoms with Crippen molar-refractivity contribution in [3.63, 3.8) is 0 Å². The number of sulfonamides is 1. The van der Waals surface area contributed by atoms with Crippen molar-refractivity contribution in [1.82, 2.24) is 10.9 Å². The summed E-state index contributed by atoms with van der Waals surface area (Å²) in [6.45, 7) is 1.24. The van der Waals surface area contributed by atoms with E-state index in [1.807, 2.05) is 0 Å². The quantitative estimate of drug-likeness (QED) is 0.669. The van der Waals surface area contributed by atoms with Gasteiger partial charge in [0.2, 0.25) is 5.91 Å². The first-order chi connectivity index (χ1) is 11.3. The Morgan fingerprint density at radius 3 is 2.29 bits per heavy atom. The van der Waals surface area contributed by atoms with Gasteiger partial charge in [0.05, 0.1) is 4.90 Å². The lowest BCUT2D eigenvalue weighted by Gasteiger charge is -2.10. The zero-order valence-corrected chi connectivity index (χ0v) is 14.9. The Hall–Kier alpha value is -2.39. The van der Waals surface area contributed by atoms with Crippen LogP contribution in [0.4, 0.5) is 5.69 Å². The maximum Gasteiger partial charge on any atom is 0.269 e.